The highest BCUT2D eigenvalue weighted by atomic mass is 16.3. The van der Waals surface area contributed by atoms with Crippen molar-refractivity contribution in [1.82, 2.24) is 0 Å². The van der Waals surface area contributed by atoms with Crippen molar-refractivity contribution in [3.05, 3.63) is 0 Å². The molecule has 0 spiro atoms. The lowest BCUT2D eigenvalue weighted by Crippen LogP contribution is -2.49. The zero-order chi connectivity index (χ0) is 8.60. The Balaban J connectivity index is 2.12. The number of hydrogen-bond donors (Lipinski definition) is 2. The highest BCUT2D eigenvalue weighted by Crippen LogP contribution is 2.43. The van der Waals surface area contributed by atoms with Gasteiger partial charge in [0.2, 0.25) is 0 Å². The lowest BCUT2D eigenvalue weighted by molar-refractivity contribution is -0.124. The molecule has 2 heteroatoms. The van der Waals surface area contributed by atoms with Crippen LogP contribution in [0.3, 0.4) is 0 Å². The van der Waals surface area contributed by atoms with E-state index in [1.165, 1.54) is 6.42 Å². The van der Waals surface area contributed by atoms with Gasteiger partial charge in [-0.25, -0.2) is 0 Å². The van der Waals surface area contributed by atoms with Crippen molar-refractivity contribution >= 4 is 0 Å². The van der Waals surface area contributed by atoms with Crippen LogP contribution in [0.15, 0.2) is 0 Å². The maximum absolute atomic E-state index is 10.2. The average Bonchev–Trinajstić information content (AvgIpc) is 2.04. The van der Waals surface area contributed by atoms with E-state index in [1.807, 2.05) is 0 Å². The first-order chi connectivity index (χ1) is 5.72. The highest BCUT2D eigenvalue weighted by Gasteiger charge is 2.44. The lowest BCUT2D eigenvalue weighted by Gasteiger charge is -2.46. The van der Waals surface area contributed by atoms with Gasteiger partial charge in [0.25, 0.3) is 0 Å². The van der Waals surface area contributed by atoms with E-state index in [0.29, 0.717) is 0 Å². The molecule has 2 fully saturated rings. The molecule has 2 N–H and O–H groups in total. The summed E-state index contributed by atoms with van der Waals surface area (Å²) in [4.78, 5) is 0. The maximum atomic E-state index is 10.2. The molecule has 0 bridgehead atoms. The third-order valence-electron chi connectivity index (χ3n) is 3.64. The molecule has 0 unspecified atom stereocenters. The first-order valence-electron chi connectivity index (χ1n) is 5.13. The molecule has 0 aliphatic heterocycles. The van der Waals surface area contributed by atoms with Gasteiger partial charge in [-0.15, -0.1) is 0 Å². The van der Waals surface area contributed by atoms with Crippen molar-refractivity contribution in [2.24, 2.45) is 5.92 Å². The molecular weight excluding hydrogens is 152 g/mol. The predicted molar refractivity (Wildman–Crippen MR) is 46.8 cm³/mol. The third kappa shape index (κ3) is 1.27. The Hall–Kier alpha value is -0.0800. The molecule has 2 saturated carbocycles. The molecule has 2 rings (SSSR count). The van der Waals surface area contributed by atoms with Crippen LogP contribution in [0.2, 0.25) is 0 Å². The van der Waals surface area contributed by atoms with Gasteiger partial charge in [-0.05, 0) is 32.1 Å². The SMILES string of the molecule is O[C@@H]1CCC[C@@]2(O)CCCC[C@H]12. The Morgan fingerprint density at radius 3 is 2.50 bits per heavy atom. The Kier molecular flexibility index (Phi) is 2.13. The minimum absolute atomic E-state index is 0.181. The first-order valence-corrected chi connectivity index (χ1v) is 5.13. The van der Waals surface area contributed by atoms with Crippen LogP contribution < -0.4 is 0 Å². The number of hydrogen-bond acceptors (Lipinski definition) is 2. The zero-order valence-corrected chi connectivity index (χ0v) is 7.50. The van der Waals surface area contributed by atoms with Crippen LogP contribution >= 0.6 is 0 Å². The molecule has 0 amide bonds. The van der Waals surface area contributed by atoms with Gasteiger partial charge in [0.1, 0.15) is 0 Å². The van der Waals surface area contributed by atoms with Gasteiger partial charge in [-0.2, -0.15) is 0 Å². The number of aliphatic hydroxyl groups excluding tert-OH is 1. The number of rotatable bonds is 0. The summed E-state index contributed by atoms with van der Waals surface area (Å²) in [6.07, 6.45) is 6.83. The van der Waals surface area contributed by atoms with Crippen molar-refractivity contribution < 1.29 is 10.2 Å². The van der Waals surface area contributed by atoms with E-state index in [9.17, 15) is 10.2 Å². The fourth-order valence-electron chi connectivity index (χ4n) is 2.93. The molecule has 70 valence electrons. The summed E-state index contributed by atoms with van der Waals surface area (Å²) in [6, 6.07) is 0. The Bertz CT molecular complexity index is 165. The van der Waals surface area contributed by atoms with E-state index < -0.39 is 5.60 Å². The molecular formula is C10H18O2. The van der Waals surface area contributed by atoms with E-state index in [1.54, 1.807) is 0 Å². The summed E-state index contributed by atoms with van der Waals surface area (Å²) in [6.45, 7) is 0. The van der Waals surface area contributed by atoms with Crippen molar-refractivity contribution in [2.45, 2.75) is 56.7 Å². The fraction of sp³-hybridized carbons (Fsp3) is 1.00. The van der Waals surface area contributed by atoms with Gasteiger partial charge in [0, 0.05) is 5.92 Å². The van der Waals surface area contributed by atoms with Crippen LogP contribution in [-0.2, 0) is 0 Å². The van der Waals surface area contributed by atoms with Crippen molar-refractivity contribution in [1.29, 1.82) is 0 Å². The molecule has 2 nitrogen and oxygen atoms in total. The quantitative estimate of drug-likeness (QED) is 0.577. The lowest BCUT2D eigenvalue weighted by atomic mass is 9.66. The topological polar surface area (TPSA) is 40.5 Å². The Morgan fingerprint density at radius 1 is 1.00 bits per heavy atom. The largest absolute Gasteiger partial charge is 0.393 e. The fourth-order valence-corrected chi connectivity index (χ4v) is 2.93. The normalized spacial score (nSPS) is 48.5. The summed E-state index contributed by atoms with van der Waals surface area (Å²) in [5.41, 5.74) is -0.504. The van der Waals surface area contributed by atoms with Gasteiger partial charge < -0.3 is 10.2 Å². The van der Waals surface area contributed by atoms with Gasteiger partial charge in [-0.1, -0.05) is 12.8 Å². The molecule has 0 aromatic heterocycles. The summed E-state index contributed by atoms with van der Waals surface area (Å²) in [5.74, 6) is 0.181. The second kappa shape index (κ2) is 3.00. The molecule has 0 heterocycles. The van der Waals surface area contributed by atoms with E-state index in [0.717, 1.165) is 38.5 Å². The molecule has 2 aliphatic carbocycles. The highest BCUT2D eigenvalue weighted by molar-refractivity contribution is 4.96. The average molecular weight is 170 g/mol. The molecule has 0 saturated heterocycles. The summed E-state index contributed by atoms with van der Waals surface area (Å²) in [5, 5.41) is 19.9. The van der Waals surface area contributed by atoms with E-state index in [4.69, 9.17) is 0 Å². The predicted octanol–water partition coefficient (Wildman–Crippen LogP) is 1.45. The van der Waals surface area contributed by atoms with Crippen LogP contribution in [0.25, 0.3) is 0 Å². The van der Waals surface area contributed by atoms with Crippen LogP contribution in [-0.4, -0.2) is 21.9 Å². The van der Waals surface area contributed by atoms with Gasteiger partial charge in [0.15, 0.2) is 0 Å². The molecule has 0 aromatic carbocycles. The summed E-state index contributed by atoms with van der Waals surface area (Å²) in [7, 11) is 0. The van der Waals surface area contributed by atoms with Crippen LogP contribution in [0.4, 0.5) is 0 Å². The molecule has 3 atom stereocenters. The van der Waals surface area contributed by atoms with E-state index >= 15 is 0 Å². The minimum Gasteiger partial charge on any atom is -0.393 e. The van der Waals surface area contributed by atoms with Crippen molar-refractivity contribution in [3.8, 4) is 0 Å². The van der Waals surface area contributed by atoms with Gasteiger partial charge >= 0.3 is 0 Å². The zero-order valence-electron chi connectivity index (χ0n) is 7.50. The third-order valence-corrected chi connectivity index (χ3v) is 3.64. The molecule has 0 aromatic rings. The Labute approximate surface area is 73.6 Å². The first kappa shape index (κ1) is 8.52. The van der Waals surface area contributed by atoms with E-state index in [2.05, 4.69) is 0 Å². The van der Waals surface area contributed by atoms with Crippen LogP contribution in [0.1, 0.15) is 44.9 Å². The molecule has 2 aliphatic rings. The molecule has 12 heavy (non-hydrogen) atoms. The van der Waals surface area contributed by atoms with Crippen LogP contribution in [0.5, 0.6) is 0 Å². The number of fused-ring (bicyclic) bond motifs is 1. The van der Waals surface area contributed by atoms with E-state index in [-0.39, 0.29) is 12.0 Å². The monoisotopic (exact) mass is 170 g/mol. The van der Waals surface area contributed by atoms with Gasteiger partial charge in [0.05, 0.1) is 11.7 Å². The molecule has 0 radical (unpaired) electrons. The summed E-state index contributed by atoms with van der Waals surface area (Å²) < 4.78 is 0. The van der Waals surface area contributed by atoms with Crippen LogP contribution in [0, 0.1) is 5.92 Å². The van der Waals surface area contributed by atoms with Crippen molar-refractivity contribution in [3.63, 3.8) is 0 Å². The minimum atomic E-state index is -0.504. The second-order valence-electron chi connectivity index (χ2n) is 4.42. The standard InChI is InChI=1S/C10H18O2/c11-9-5-3-7-10(12)6-2-1-4-8(9)10/h8-9,11-12H,1-7H2/t8-,9-,10+/m1/s1. The van der Waals surface area contributed by atoms with Crippen molar-refractivity contribution in [2.75, 3.05) is 0 Å². The van der Waals surface area contributed by atoms with Gasteiger partial charge in [-0.3, -0.25) is 0 Å². The second-order valence-corrected chi connectivity index (χ2v) is 4.42. The smallest absolute Gasteiger partial charge is 0.0700 e. The summed E-state index contributed by atoms with van der Waals surface area (Å²) >= 11 is 0. The number of aliphatic hydroxyl groups is 2. The maximum Gasteiger partial charge on any atom is 0.0700 e. The Morgan fingerprint density at radius 2 is 1.75 bits per heavy atom.